The Morgan fingerprint density at radius 3 is 2.19 bits per heavy atom. The molecule has 0 amide bonds. The van der Waals surface area contributed by atoms with Crippen LogP contribution in [-0.2, 0) is 9.53 Å². The Labute approximate surface area is 221 Å². The number of para-hydroxylation sites is 2. The zero-order valence-electron chi connectivity index (χ0n) is 21.9. The predicted octanol–water partition coefficient (Wildman–Crippen LogP) is 7.81. The summed E-state index contributed by atoms with van der Waals surface area (Å²) < 4.78 is 5.20. The first-order valence-electron chi connectivity index (χ1n) is 13.7. The lowest BCUT2D eigenvalue weighted by Crippen LogP contribution is -2.45. The molecule has 2 aromatic rings. The van der Waals surface area contributed by atoms with Crippen molar-refractivity contribution < 1.29 is 14.6 Å². The van der Waals surface area contributed by atoms with Crippen molar-refractivity contribution in [3.8, 4) is 0 Å². The first-order valence-corrected chi connectivity index (χ1v) is 14.6. The molecule has 2 atom stereocenters. The highest BCUT2D eigenvalue weighted by Gasteiger charge is 2.40. The van der Waals surface area contributed by atoms with E-state index in [0.29, 0.717) is 0 Å². The van der Waals surface area contributed by atoms with E-state index in [1.807, 2.05) is 59.5 Å². The molecule has 36 heavy (non-hydrogen) atoms. The number of carbonyl (C=O) groups excluding carboxylic acids is 1. The van der Waals surface area contributed by atoms with Crippen molar-refractivity contribution in [2.24, 2.45) is 4.99 Å². The lowest BCUT2D eigenvalue weighted by atomic mass is 9.96. The van der Waals surface area contributed by atoms with E-state index in [0.717, 1.165) is 34.3 Å². The normalized spacial score (nSPS) is 15.8. The molecule has 5 nitrogen and oxygen atoms in total. The third-order valence-corrected chi connectivity index (χ3v) is 7.59. The van der Waals surface area contributed by atoms with Gasteiger partial charge in [-0.05, 0) is 31.5 Å². The molecule has 1 N–H and O–H groups in total. The highest BCUT2D eigenvalue weighted by molar-refractivity contribution is 8.14. The molecular weight excluding hydrogens is 468 g/mol. The maximum absolute atomic E-state index is 12.6. The molecule has 0 aliphatic carbocycles. The Kier molecular flexibility index (Phi) is 12.3. The van der Waals surface area contributed by atoms with E-state index in [4.69, 9.17) is 9.73 Å². The monoisotopic (exact) mass is 510 g/mol. The van der Waals surface area contributed by atoms with Crippen LogP contribution in [0.5, 0.6) is 0 Å². The van der Waals surface area contributed by atoms with Crippen molar-refractivity contribution in [2.45, 2.75) is 90.2 Å². The quantitative estimate of drug-likeness (QED) is 0.195. The molecule has 0 aromatic heterocycles. The molecule has 0 saturated heterocycles. The van der Waals surface area contributed by atoms with Crippen molar-refractivity contribution in [3.05, 3.63) is 60.2 Å². The summed E-state index contributed by atoms with van der Waals surface area (Å²) in [5.74, 6) is 0.336. The number of unbranched alkanes of at least 4 members (excludes halogenated alkanes) is 9. The second-order valence-electron chi connectivity index (χ2n) is 9.33. The van der Waals surface area contributed by atoms with Crippen LogP contribution in [0.4, 0.5) is 11.4 Å². The van der Waals surface area contributed by atoms with E-state index in [-0.39, 0.29) is 6.61 Å². The largest absolute Gasteiger partial charge is 0.464 e. The number of amidine groups is 1. The number of rotatable bonds is 15. The third kappa shape index (κ3) is 8.10. The fraction of sp³-hybridized carbons (Fsp3) is 0.533. The number of nitrogens with zero attached hydrogens (tertiary/aromatic N) is 2. The number of aliphatic imine (C=N–C) groups is 1. The van der Waals surface area contributed by atoms with Crippen molar-refractivity contribution in [2.75, 3.05) is 17.3 Å². The minimum atomic E-state index is -1.32. The van der Waals surface area contributed by atoms with Crippen LogP contribution >= 0.6 is 11.8 Å². The fourth-order valence-corrected chi connectivity index (χ4v) is 5.69. The topological polar surface area (TPSA) is 62.1 Å². The summed E-state index contributed by atoms with van der Waals surface area (Å²) in [4.78, 5) is 19.6. The van der Waals surface area contributed by atoms with Gasteiger partial charge in [0.15, 0.2) is 11.3 Å². The Balaban J connectivity index is 1.66. The van der Waals surface area contributed by atoms with Gasteiger partial charge in [-0.15, -0.1) is 0 Å². The third-order valence-electron chi connectivity index (χ3n) is 6.55. The van der Waals surface area contributed by atoms with E-state index < -0.39 is 18.1 Å². The number of esters is 1. The fourth-order valence-electron chi connectivity index (χ4n) is 4.64. The average Bonchev–Trinajstić information content (AvgIpc) is 2.91. The highest BCUT2D eigenvalue weighted by atomic mass is 32.2. The molecule has 0 radical (unpaired) electrons. The van der Waals surface area contributed by atoms with Gasteiger partial charge in [0.1, 0.15) is 0 Å². The Bertz CT molecular complexity index is 950. The average molecular weight is 511 g/mol. The minimum Gasteiger partial charge on any atom is -0.464 e. The van der Waals surface area contributed by atoms with Gasteiger partial charge in [0.25, 0.3) is 0 Å². The summed E-state index contributed by atoms with van der Waals surface area (Å²) in [7, 11) is 0. The van der Waals surface area contributed by atoms with E-state index in [1.54, 1.807) is 18.7 Å². The molecule has 0 bridgehead atoms. The second-order valence-corrected chi connectivity index (χ2v) is 10.4. The first kappa shape index (κ1) is 28.3. The van der Waals surface area contributed by atoms with Crippen LogP contribution in [-0.4, -0.2) is 34.7 Å². The molecule has 0 fully saturated rings. The van der Waals surface area contributed by atoms with Gasteiger partial charge in [-0.2, -0.15) is 0 Å². The first-order chi connectivity index (χ1) is 17.7. The lowest BCUT2D eigenvalue weighted by Gasteiger charge is -2.39. The standard InChI is InChI=1S/C30H42N2O3S/c1-3-5-6-7-8-9-10-11-12-18-23-36-30-31-26-22-17-16-21-25(26)27(28(33)29(34)35-4-2)32(30)24-19-14-13-15-20-24/h13-17,19-22,27-28,33H,3-12,18,23H2,1-2H3/t27-,28+/m0/s1. The van der Waals surface area contributed by atoms with Crippen molar-refractivity contribution in [3.63, 3.8) is 0 Å². The van der Waals surface area contributed by atoms with Crippen molar-refractivity contribution in [1.29, 1.82) is 0 Å². The summed E-state index contributed by atoms with van der Waals surface area (Å²) in [5.41, 5.74) is 2.52. The lowest BCUT2D eigenvalue weighted by molar-refractivity contribution is -0.154. The molecule has 1 aliphatic rings. The van der Waals surface area contributed by atoms with Crippen LogP contribution < -0.4 is 4.90 Å². The van der Waals surface area contributed by atoms with Gasteiger partial charge in [0, 0.05) is 17.0 Å². The molecule has 2 aromatic carbocycles. The molecule has 0 unspecified atom stereocenters. The summed E-state index contributed by atoms with van der Waals surface area (Å²) in [6, 6.07) is 17.0. The van der Waals surface area contributed by atoms with Crippen molar-refractivity contribution >= 4 is 34.3 Å². The molecule has 1 aliphatic heterocycles. The van der Waals surface area contributed by atoms with Gasteiger partial charge in [0.05, 0.1) is 18.3 Å². The Morgan fingerprint density at radius 1 is 0.917 bits per heavy atom. The van der Waals surface area contributed by atoms with Gasteiger partial charge in [0.2, 0.25) is 0 Å². The van der Waals surface area contributed by atoms with Crippen LogP contribution in [0.2, 0.25) is 0 Å². The number of hydrogen-bond acceptors (Lipinski definition) is 6. The second kappa shape index (κ2) is 15.7. The number of benzene rings is 2. The zero-order chi connectivity index (χ0) is 25.6. The zero-order valence-corrected chi connectivity index (χ0v) is 22.7. The number of fused-ring (bicyclic) bond motifs is 1. The van der Waals surface area contributed by atoms with E-state index >= 15 is 0 Å². The number of carbonyl (C=O) groups is 1. The van der Waals surface area contributed by atoms with E-state index in [9.17, 15) is 9.90 Å². The maximum Gasteiger partial charge on any atom is 0.337 e. The van der Waals surface area contributed by atoms with Crippen LogP contribution in [0.3, 0.4) is 0 Å². The summed E-state index contributed by atoms with van der Waals surface area (Å²) >= 11 is 1.70. The summed E-state index contributed by atoms with van der Waals surface area (Å²) in [5, 5.41) is 12.0. The number of aliphatic hydroxyl groups is 1. The molecule has 0 spiro atoms. The molecule has 0 saturated carbocycles. The van der Waals surface area contributed by atoms with E-state index in [1.165, 1.54) is 57.8 Å². The number of ether oxygens (including phenoxy) is 1. The van der Waals surface area contributed by atoms with Gasteiger partial charge in [-0.25, -0.2) is 9.79 Å². The summed E-state index contributed by atoms with van der Waals surface area (Å²) in [6.07, 6.45) is 11.7. The number of anilines is 1. The number of hydrogen-bond donors (Lipinski definition) is 1. The van der Waals surface area contributed by atoms with Gasteiger partial charge in [-0.3, -0.25) is 0 Å². The molecule has 3 rings (SSSR count). The molecular formula is C30H42N2O3S. The number of thioether (sulfide) groups is 1. The van der Waals surface area contributed by atoms with Crippen LogP contribution in [0.1, 0.15) is 89.7 Å². The van der Waals surface area contributed by atoms with E-state index in [2.05, 4.69) is 6.92 Å². The van der Waals surface area contributed by atoms with Gasteiger partial charge < -0.3 is 14.7 Å². The highest BCUT2D eigenvalue weighted by Crippen LogP contribution is 2.42. The number of aliphatic hydroxyl groups excluding tert-OH is 1. The van der Waals surface area contributed by atoms with Crippen molar-refractivity contribution in [1.82, 2.24) is 0 Å². The van der Waals surface area contributed by atoms with Crippen LogP contribution in [0.15, 0.2) is 59.6 Å². The van der Waals surface area contributed by atoms with Gasteiger partial charge >= 0.3 is 5.97 Å². The smallest absolute Gasteiger partial charge is 0.337 e. The summed E-state index contributed by atoms with van der Waals surface area (Å²) in [6.45, 7) is 4.24. The molecule has 1 heterocycles. The Morgan fingerprint density at radius 2 is 1.53 bits per heavy atom. The van der Waals surface area contributed by atoms with Gasteiger partial charge in [-0.1, -0.05) is 113 Å². The minimum absolute atomic E-state index is 0.226. The SMILES string of the molecule is CCCCCCCCCCCCSC1=Nc2ccccc2[C@@H]([C@@H](O)C(=O)OCC)N1c1ccccc1. The molecule has 6 heteroatoms. The van der Waals surface area contributed by atoms with Crippen LogP contribution in [0, 0.1) is 0 Å². The Hall–Kier alpha value is -2.31. The predicted molar refractivity (Wildman–Crippen MR) is 152 cm³/mol. The van der Waals surface area contributed by atoms with Crippen LogP contribution in [0.25, 0.3) is 0 Å². The maximum atomic E-state index is 12.6. The molecule has 196 valence electrons.